The van der Waals surface area contributed by atoms with Gasteiger partial charge in [0.2, 0.25) is 41.4 Å². The zero-order valence-electron chi connectivity index (χ0n) is 24.6. The van der Waals surface area contributed by atoms with E-state index >= 15 is 0 Å². The zero-order chi connectivity index (χ0) is 32.9. The molecular formula is C24H42N8O10. The van der Waals surface area contributed by atoms with Crippen molar-refractivity contribution >= 4 is 47.3 Å². The van der Waals surface area contributed by atoms with Crippen LogP contribution in [0.2, 0.25) is 0 Å². The van der Waals surface area contributed by atoms with Gasteiger partial charge >= 0.3 is 5.97 Å². The fourth-order valence-electron chi connectivity index (χ4n) is 2.89. The Bertz CT molecular complexity index is 1040. The predicted molar refractivity (Wildman–Crippen MR) is 146 cm³/mol. The summed E-state index contributed by atoms with van der Waals surface area (Å²) in [4.78, 5) is 96.6. The summed E-state index contributed by atoms with van der Waals surface area (Å²) in [5, 5.41) is 34.3. The van der Waals surface area contributed by atoms with Gasteiger partial charge in [-0.05, 0) is 48.5 Å². The molecule has 238 valence electrons. The van der Waals surface area contributed by atoms with E-state index in [1.165, 1.54) is 48.5 Å². The van der Waals surface area contributed by atoms with Crippen LogP contribution in [0.15, 0.2) is 0 Å². The highest BCUT2D eigenvalue weighted by atomic mass is 16.4. The number of aliphatic hydroxyl groups excluding tert-OH is 1. The number of nitrogens with one attached hydrogen (secondary N) is 7. The quantitative estimate of drug-likeness (QED) is 0.0797. The molecule has 0 bridgehead atoms. The van der Waals surface area contributed by atoms with Gasteiger partial charge in [-0.15, -0.1) is 0 Å². The van der Waals surface area contributed by atoms with Crippen LogP contribution in [-0.4, -0.2) is 112 Å². The van der Waals surface area contributed by atoms with Crippen molar-refractivity contribution in [2.45, 2.75) is 96.8 Å². The monoisotopic (exact) mass is 602 g/mol. The van der Waals surface area contributed by atoms with Gasteiger partial charge in [-0.25, -0.2) is 0 Å². The van der Waals surface area contributed by atoms with Crippen molar-refractivity contribution in [2.75, 3.05) is 6.61 Å². The number of nitrogens with two attached hydrogens (primary N) is 1. The Balaban J connectivity index is 4.83. The first-order chi connectivity index (χ1) is 19.3. The van der Waals surface area contributed by atoms with Crippen molar-refractivity contribution in [1.82, 2.24) is 37.2 Å². The van der Waals surface area contributed by atoms with E-state index < -0.39 is 102 Å². The van der Waals surface area contributed by atoms with Gasteiger partial charge in [0.25, 0.3) is 0 Å². The molecule has 0 radical (unpaired) electrons. The predicted octanol–water partition coefficient (Wildman–Crippen LogP) is -5.08. The second kappa shape index (κ2) is 17.5. The van der Waals surface area contributed by atoms with Crippen molar-refractivity contribution in [3.8, 4) is 0 Å². The fraction of sp³-hybridized carbons (Fsp3) is 0.667. The molecule has 0 aromatic rings. The standard InChI is InChI=1S/C24H42N8O10/c1-9(25)17(34)32-16(8-33)23(40)30-14(6)21(38)28-12(4)19(36)26-10(2)18(35)27-11(3)20(37)29-13(5)22(39)31-15(7)24(41)42/h9-16,33H,8,25H2,1-7H3,(H,26,36)(H,27,35)(H,28,38)(H,29,37)(H,30,40)(H,31,39)(H,32,34)(H,41,42)/t9-,10-,11-,12-,13-,14-,15-,16-/m0/s1. The third-order valence-electron chi connectivity index (χ3n) is 5.72. The number of carboxylic acids is 1. The molecule has 42 heavy (non-hydrogen) atoms. The van der Waals surface area contributed by atoms with Crippen molar-refractivity contribution in [2.24, 2.45) is 5.73 Å². The molecule has 0 heterocycles. The first-order valence-electron chi connectivity index (χ1n) is 13.0. The van der Waals surface area contributed by atoms with E-state index in [1.807, 2.05) is 0 Å². The zero-order valence-corrected chi connectivity index (χ0v) is 24.6. The highest BCUT2D eigenvalue weighted by molar-refractivity contribution is 5.97. The van der Waals surface area contributed by atoms with E-state index in [2.05, 4.69) is 37.2 Å². The molecule has 11 N–H and O–H groups in total. The average Bonchev–Trinajstić information content (AvgIpc) is 2.90. The Hall–Kier alpha value is -4.32. The summed E-state index contributed by atoms with van der Waals surface area (Å²) in [6, 6.07) is -9.19. The molecule has 0 aliphatic heterocycles. The van der Waals surface area contributed by atoms with Gasteiger partial charge in [0, 0.05) is 0 Å². The third-order valence-corrected chi connectivity index (χ3v) is 5.72. The van der Waals surface area contributed by atoms with Crippen molar-refractivity contribution in [3.05, 3.63) is 0 Å². The van der Waals surface area contributed by atoms with E-state index in [1.54, 1.807) is 0 Å². The topological polar surface area (TPSA) is 287 Å². The summed E-state index contributed by atoms with van der Waals surface area (Å²) in [5.74, 6) is -6.61. The minimum Gasteiger partial charge on any atom is -0.480 e. The number of carbonyl (C=O) groups is 8. The molecule has 0 fully saturated rings. The van der Waals surface area contributed by atoms with Crippen molar-refractivity contribution in [3.63, 3.8) is 0 Å². The second-order valence-corrected chi connectivity index (χ2v) is 9.75. The SMILES string of the molecule is C[C@H](N)C(=O)N[C@@H](CO)C(=O)N[C@@H](C)C(=O)N[C@@H](C)C(=O)N[C@@H](C)C(=O)N[C@@H](C)C(=O)N[C@@H](C)C(=O)N[C@@H](C)C(=O)O. The Morgan fingerprint density at radius 2 is 0.738 bits per heavy atom. The van der Waals surface area contributed by atoms with Crippen LogP contribution in [0.4, 0.5) is 0 Å². The first kappa shape index (κ1) is 37.7. The molecule has 0 aliphatic carbocycles. The van der Waals surface area contributed by atoms with E-state index in [-0.39, 0.29) is 0 Å². The molecule has 7 amide bonds. The highest BCUT2D eigenvalue weighted by Crippen LogP contribution is 1.95. The summed E-state index contributed by atoms with van der Waals surface area (Å²) >= 11 is 0. The first-order valence-corrected chi connectivity index (χ1v) is 13.0. The smallest absolute Gasteiger partial charge is 0.325 e. The second-order valence-electron chi connectivity index (χ2n) is 9.75. The summed E-state index contributed by atoms with van der Waals surface area (Å²) in [6.07, 6.45) is 0. The fourth-order valence-corrected chi connectivity index (χ4v) is 2.89. The molecule has 0 unspecified atom stereocenters. The summed E-state index contributed by atoms with van der Waals surface area (Å²) in [7, 11) is 0. The van der Waals surface area contributed by atoms with Crippen LogP contribution in [0.5, 0.6) is 0 Å². The maximum absolute atomic E-state index is 12.5. The minimum absolute atomic E-state index is 0.690. The van der Waals surface area contributed by atoms with Crippen LogP contribution >= 0.6 is 0 Å². The third kappa shape index (κ3) is 12.9. The number of aliphatic carboxylic acids is 1. The summed E-state index contributed by atoms with van der Waals surface area (Å²) < 4.78 is 0. The lowest BCUT2D eigenvalue weighted by molar-refractivity contribution is -0.141. The average molecular weight is 603 g/mol. The van der Waals surface area contributed by atoms with Crippen molar-refractivity contribution < 1.29 is 48.6 Å². The van der Waals surface area contributed by atoms with E-state index in [9.17, 15) is 43.5 Å². The van der Waals surface area contributed by atoms with E-state index in [0.29, 0.717) is 0 Å². The number of carbonyl (C=O) groups excluding carboxylic acids is 7. The van der Waals surface area contributed by atoms with Gasteiger partial charge in [-0.2, -0.15) is 0 Å². The number of aliphatic hydroxyl groups is 1. The molecular weight excluding hydrogens is 560 g/mol. The van der Waals surface area contributed by atoms with Gasteiger partial charge in [0.05, 0.1) is 12.6 Å². The van der Waals surface area contributed by atoms with Gasteiger partial charge in [0.1, 0.15) is 42.3 Å². The minimum atomic E-state index is -1.36. The number of amides is 7. The van der Waals surface area contributed by atoms with Crippen LogP contribution in [0.25, 0.3) is 0 Å². The van der Waals surface area contributed by atoms with Gasteiger partial charge in [-0.3, -0.25) is 38.4 Å². The normalized spacial score (nSPS) is 16.4. The molecule has 0 aliphatic rings. The molecule has 0 rings (SSSR count). The van der Waals surface area contributed by atoms with Crippen LogP contribution in [0, 0.1) is 0 Å². The molecule has 8 atom stereocenters. The number of hydrogen-bond acceptors (Lipinski definition) is 10. The van der Waals surface area contributed by atoms with Crippen LogP contribution in [-0.2, 0) is 38.4 Å². The Labute approximate surface area is 242 Å². The molecule has 18 heteroatoms. The summed E-state index contributed by atoms with van der Waals surface area (Å²) in [5.41, 5.74) is 5.41. The van der Waals surface area contributed by atoms with E-state index in [0.717, 1.165) is 0 Å². The van der Waals surface area contributed by atoms with Gasteiger partial charge in [-0.1, -0.05) is 0 Å². The molecule has 0 saturated carbocycles. The number of hydrogen-bond donors (Lipinski definition) is 10. The number of rotatable bonds is 16. The lowest BCUT2D eigenvalue weighted by Crippen LogP contribution is -2.58. The summed E-state index contributed by atoms with van der Waals surface area (Å²) in [6.45, 7) is 8.48. The molecule has 0 aromatic carbocycles. The van der Waals surface area contributed by atoms with E-state index in [4.69, 9.17) is 10.8 Å². The largest absolute Gasteiger partial charge is 0.480 e. The lowest BCUT2D eigenvalue weighted by atomic mass is 10.2. The molecule has 0 saturated heterocycles. The number of carboxylic acid groups (broad SMARTS) is 1. The Morgan fingerprint density at radius 3 is 0.976 bits per heavy atom. The lowest BCUT2D eigenvalue weighted by Gasteiger charge is -2.23. The molecule has 0 aromatic heterocycles. The molecule has 0 spiro atoms. The maximum atomic E-state index is 12.5. The maximum Gasteiger partial charge on any atom is 0.325 e. The van der Waals surface area contributed by atoms with Gasteiger partial charge in [0.15, 0.2) is 0 Å². The van der Waals surface area contributed by atoms with Crippen LogP contribution in [0.3, 0.4) is 0 Å². The highest BCUT2D eigenvalue weighted by Gasteiger charge is 2.28. The molecule has 18 nitrogen and oxygen atoms in total. The Kier molecular flexibility index (Phi) is 15.7. The van der Waals surface area contributed by atoms with Gasteiger partial charge < -0.3 is 53.2 Å². The Morgan fingerprint density at radius 1 is 0.476 bits per heavy atom. The van der Waals surface area contributed by atoms with Crippen molar-refractivity contribution in [1.29, 1.82) is 0 Å². The van der Waals surface area contributed by atoms with Crippen LogP contribution < -0.4 is 43.0 Å². The van der Waals surface area contributed by atoms with Crippen LogP contribution in [0.1, 0.15) is 48.5 Å².